The molecule has 84 valence electrons. The number of aromatic nitrogens is 2. The molecular weight excluding hydrogens is 193 g/mol. The summed E-state index contributed by atoms with van der Waals surface area (Å²) in [4.78, 5) is 0. The van der Waals surface area contributed by atoms with Crippen molar-refractivity contribution in [3.63, 3.8) is 0 Å². The Bertz CT molecular complexity index is 326. The number of rotatable bonds is 3. The van der Waals surface area contributed by atoms with Crippen molar-refractivity contribution < 1.29 is 4.39 Å². The number of nitrogens with one attached hydrogen (secondary N) is 1. The van der Waals surface area contributed by atoms with E-state index in [0.29, 0.717) is 25.4 Å². The minimum Gasteiger partial charge on any atom is -0.313 e. The zero-order valence-corrected chi connectivity index (χ0v) is 9.33. The molecule has 0 saturated carbocycles. The van der Waals surface area contributed by atoms with Crippen molar-refractivity contribution in [1.29, 1.82) is 0 Å². The van der Waals surface area contributed by atoms with Gasteiger partial charge in [0.25, 0.3) is 0 Å². The lowest BCUT2D eigenvalue weighted by molar-refractivity contribution is 0.188. The highest BCUT2D eigenvalue weighted by Gasteiger charge is 2.34. The zero-order valence-electron chi connectivity index (χ0n) is 9.33. The minimum absolute atomic E-state index is 0.344. The third-order valence-electron chi connectivity index (χ3n) is 2.88. The van der Waals surface area contributed by atoms with Crippen molar-refractivity contribution >= 4 is 0 Å². The molecule has 0 aromatic carbocycles. The monoisotopic (exact) mass is 211 g/mol. The van der Waals surface area contributed by atoms with Crippen LogP contribution in [-0.2, 0) is 6.42 Å². The van der Waals surface area contributed by atoms with Crippen molar-refractivity contribution in [2.45, 2.75) is 38.4 Å². The van der Waals surface area contributed by atoms with Gasteiger partial charge in [-0.15, -0.1) is 0 Å². The molecular formula is C11H18FN3. The standard InChI is InChI=1S/C11H18FN3/c1-9(2)15-6-3-10(14-15)7-11(12)4-5-13-8-11/h3,6,9,13H,4-5,7-8H2,1-2H3. The molecule has 3 nitrogen and oxygen atoms in total. The lowest BCUT2D eigenvalue weighted by Gasteiger charge is -2.16. The van der Waals surface area contributed by atoms with Crippen LogP contribution in [0.3, 0.4) is 0 Å². The number of hydrogen-bond donors (Lipinski definition) is 1. The van der Waals surface area contributed by atoms with Gasteiger partial charge in [-0.1, -0.05) is 0 Å². The van der Waals surface area contributed by atoms with Crippen LogP contribution >= 0.6 is 0 Å². The second-order valence-electron chi connectivity index (χ2n) is 4.64. The Morgan fingerprint density at radius 3 is 3.00 bits per heavy atom. The molecule has 15 heavy (non-hydrogen) atoms. The van der Waals surface area contributed by atoms with Gasteiger partial charge in [-0.3, -0.25) is 4.68 Å². The van der Waals surface area contributed by atoms with Crippen LogP contribution in [0.25, 0.3) is 0 Å². The second kappa shape index (κ2) is 3.93. The first-order valence-corrected chi connectivity index (χ1v) is 5.53. The summed E-state index contributed by atoms with van der Waals surface area (Å²) in [6.07, 6.45) is 2.95. The van der Waals surface area contributed by atoms with Gasteiger partial charge in [0.15, 0.2) is 0 Å². The maximum absolute atomic E-state index is 14.1. The molecule has 1 aliphatic rings. The molecule has 0 aliphatic carbocycles. The second-order valence-corrected chi connectivity index (χ2v) is 4.64. The first kappa shape index (κ1) is 10.6. The van der Waals surface area contributed by atoms with Crippen LogP contribution in [-0.4, -0.2) is 28.5 Å². The Labute approximate surface area is 89.7 Å². The van der Waals surface area contributed by atoms with Crippen LogP contribution in [0.4, 0.5) is 4.39 Å². The van der Waals surface area contributed by atoms with E-state index in [-0.39, 0.29) is 0 Å². The SMILES string of the molecule is CC(C)n1ccc(CC2(F)CCNC2)n1. The van der Waals surface area contributed by atoms with Gasteiger partial charge in [-0.05, 0) is 32.9 Å². The molecule has 1 unspecified atom stereocenters. The Morgan fingerprint density at radius 2 is 2.47 bits per heavy atom. The highest BCUT2D eigenvalue weighted by atomic mass is 19.1. The van der Waals surface area contributed by atoms with E-state index in [2.05, 4.69) is 24.3 Å². The fourth-order valence-electron chi connectivity index (χ4n) is 1.95. The quantitative estimate of drug-likeness (QED) is 0.824. The van der Waals surface area contributed by atoms with E-state index in [4.69, 9.17) is 0 Å². The molecule has 0 radical (unpaired) electrons. The molecule has 1 aromatic heterocycles. The first-order valence-electron chi connectivity index (χ1n) is 5.53. The molecule has 0 amide bonds. The van der Waals surface area contributed by atoms with Crippen LogP contribution in [0, 0.1) is 0 Å². The van der Waals surface area contributed by atoms with E-state index in [9.17, 15) is 4.39 Å². The fraction of sp³-hybridized carbons (Fsp3) is 0.727. The van der Waals surface area contributed by atoms with Crippen molar-refractivity contribution in [3.8, 4) is 0 Å². The topological polar surface area (TPSA) is 29.9 Å². The molecule has 4 heteroatoms. The fourth-order valence-corrected chi connectivity index (χ4v) is 1.95. The van der Waals surface area contributed by atoms with E-state index >= 15 is 0 Å². The highest BCUT2D eigenvalue weighted by Crippen LogP contribution is 2.24. The van der Waals surface area contributed by atoms with Gasteiger partial charge >= 0.3 is 0 Å². The van der Waals surface area contributed by atoms with Gasteiger partial charge in [0.2, 0.25) is 0 Å². The van der Waals surface area contributed by atoms with Crippen molar-refractivity contribution in [2.24, 2.45) is 0 Å². The predicted octanol–water partition coefficient (Wildman–Crippen LogP) is 1.71. The Kier molecular flexibility index (Phi) is 2.78. The van der Waals surface area contributed by atoms with Crippen molar-refractivity contribution in [1.82, 2.24) is 15.1 Å². The van der Waals surface area contributed by atoms with Gasteiger partial charge in [-0.2, -0.15) is 5.10 Å². The molecule has 1 aliphatic heterocycles. The summed E-state index contributed by atoms with van der Waals surface area (Å²) in [6, 6.07) is 2.26. The summed E-state index contributed by atoms with van der Waals surface area (Å²) < 4.78 is 16.0. The average molecular weight is 211 g/mol. The van der Waals surface area contributed by atoms with Crippen LogP contribution in [0.5, 0.6) is 0 Å². The lowest BCUT2D eigenvalue weighted by Crippen LogP contribution is -2.28. The average Bonchev–Trinajstić information content (AvgIpc) is 2.75. The van der Waals surface area contributed by atoms with Gasteiger partial charge in [-0.25, -0.2) is 4.39 Å². The molecule has 0 bridgehead atoms. The first-order chi connectivity index (χ1) is 7.09. The van der Waals surface area contributed by atoms with Gasteiger partial charge < -0.3 is 5.32 Å². The summed E-state index contributed by atoms with van der Waals surface area (Å²) >= 11 is 0. The summed E-state index contributed by atoms with van der Waals surface area (Å²) in [6.45, 7) is 5.38. The number of alkyl halides is 1. The lowest BCUT2D eigenvalue weighted by atomic mass is 9.99. The molecule has 1 saturated heterocycles. The molecule has 1 atom stereocenters. The highest BCUT2D eigenvalue weighted by molar-refractivity contribution is 5.06. The number of nitrogens with zero attached hydrogens (tertiary/aromatic N) is 2. The van der Waals surface area contributed by atoms with E-state index in [1.54, 1.807) is 0 Å². The van der Waals surface area contributed by atoms with Crippen LogP contribution in [0.15, 0.2) is 12.3 Å². The maximum atomic E-state index is 14.1. The van der Waals surface area contributed by atoms with E-state index < -0.39 is 5.67 Å². The Balaban J connectivity index is 2.04. The van der Waals surface area contributed by atoms with E-state index in [0.717, 1.165) is 12.2 Å². The molecule has 1 fully saturated rings. The van der Waals surface area contributed by atoms with Crippen molar-refractivity contribution in [3.05, 3.63) is 18.0 Å². The summed E-state index contributed by atoms with van der Waals surface area (Å²) in [5.74, 6) is 0. The van der Waals surface area contributed by atoms with Crippen molar-refractivity contribution in [2.75, 3.05) is 13.1 Å². The molecule has 2 heterocycles. The third kappa shape index (κ3) is 2.37. The third-order valence-corrected chi connectivity index (χ3v) is 2.88. The summed E-state index contributed by atoms with van der Waals surface area (Å²) in [7, 11) is 0. The predicted molar refractivity (Wildman–Crippen MR) is 57.6 cm³/mol. The van der Waals surface area contributed by atoms with Gasteiger partial charge in [0, 0.05) is 25.2 Å². The molecule has 1 N–H and O–H groups in total. The summed E-state index contributed by atoms with van der Waals surface area (Å²) in [5.41, 5.74) is -0.231. The maximum Gasteiger partial charge on any atom is 0.130 e. The smallest absolute Gasteiger partial charge is 0.130 e. The Morgan fingerprint density at radius 1 is 1.67 bits per heavy atom. The van der Waals surface area contributed by atoms with Crippen LogP contribution < -0.4 is 5.32 Å². The van der Waals surface area contributed by atoms with E-state index in [1.807, 2.05) is 16.9 Å². The zero-order chi connectivity index (χ0) is 10.9. The van der Waals surface area contributed by atoms with Gasteiger partial charge in [0.1, 0.15) is 5.67 Å². The normalized spacial score (nSPS) is 26.4. The number of hydrogen-bond acceptors (Lipinski definition) is 2. The minimum atomic E-state index is -1.09. The Hall–Kier alpha value is -0.900. The van der Waals surface area contributed by atoms with Crippen LogP contribution in [0.1, 0.15) is 32.0 Å². The molecule has 1 aromatic rings. The number of halogens is 1. The largest absolute Gasteiger partial charge is 0.313 e. The molecule has 0 spiro atoms. The van der Waals surface area contributed by atoms with Gasteiger partial charge in [0.05, 0.1) is 5.69 Å². The van der Waals surface area contributed by atoms with Crippen LogP contribution in [0.2, 0.25) is 0 Å². The van der Waals surface area contributed by atoms with E-state index in [1.165, 1.54) is 0 Å². The summed E-state index contributed by atoms with van der Waals surface area (Å²) in [5, 5.41) is 7.42. The molecule has 2 rings (SSSR count).